The molecule has 4 nitrogen and oxygen atoms in total. The highest BCUT2D eigenvalue weighted by Crippen LogP contribution is 2.29. The normalized spacial score (nSPS) is 12.1. The number of thioether (sulfide) groups is 1. The first-order valence-electron chi connectivity index (χ1n) is 8.67. The van der Waals surface area contributed by atoms with Crippen LogP contribution in [0.15, 0.2) is 58.9 Å². The number of para-hydroxylation sites is 2. The largest absolute Gasteiger partial charge is 0.325 e. The van der Waals surface area contributed by atoms with Gasteiger partial charge in [-0.25, -0.2) is 4.68 Å². The van der Waals surface area contributed by atoms with E-state index in [0.29, 0.717) is 9.87 Å². The summed E-state index contributed by atoms with van der Waals surface area (Å²) in [7, 11) is 0. The average molecular weight is 416 g/mol. The maximum Gasteiger partial charge on any atom is 0.237 e. The fourth-order valence-corrected chi connectivity index (χ4v) is 5.10. The van der Waals surface area contributed by atoms with Crippen LogP contribution in [0, 0.1) is 3.95 Å². The van der Waals surface area contributed by atoms with Gasteiger partial charge in [-0.15, -0.1) is 5.10 Å². The number of anilines is 1. The van der Waals surface area contributed by atoms with Gasteiger partial charge in [-0.1, -0.05) is 73.3 Å². The Morgan fingerprint density at radius 3 is 2.48 bits per heavy atom. The predicted octanol–water partition coefficient (Wildman–Crippen LogP) is 5.91. The van der Waals surface area contributed by atoms with Crippen molar-refractivity contribution in [3.63, 3.8) is 0 Å². The number of carbonyl (C=O) groups excluding carboxylic acids is 1. The number of aromatic nitrogens is 2. The van der Waals surface area contributed by atoms with Crippen molar-refractivity contribution in [2.45, 2.75) is 36.3 Å². The minimum atomic E-state index is -0.282. The Morgan fingerprint density at radius 1 is 1.11 bits per heavy atom. The van der Waals surface area contributed by atoms with Crippen LogP contribution in [-0.4, -0.2) is 20.9 Å². The van der Waals surface area contributed by atoms with E-state index in [4.69, 9.17) is 12.2 Å². The van der Waals surface area contributed by atoms with Crippen LogP contribution in [0.1, 0.15) is 32.3 Å². The van der Waals surface area contributed by atoms with E-state index < -0.39 is 0 Å². The van der Waals surface area contributed by atoms with Gasteiger partial charge < -0.3 is 5.32 Å². The van der Waals surface area contributed by atoms with Crippen molar-refractivity contribution in [2.75, 3.05) is 5.32 Å². The molecule has 2 aromatic carbocycles. The lowest BCUT2D eigenvalue weighted by atomic mass is 10.0. The molecule has 0 radical (unpaired) electrons. The summed E-state index contributed by atoms with van der Waals surface area (Å²) in [5.74, 6) is 0.302. The number of amides is 1. The van der Waals surface area contributed by atoms with Crippen molar-refractivity contribution >= 4 is 46.9 Å². The maximum absolute atomic E-state index is 12.7. The number of rotatable bonds is 6. The van der Waals surface area contributed by atoms with Gasteiger partial charge in [0.1, 0.15) is 0 Å². The van der Waals surface area contributed by atoms with Gasteiger partial charge >= 0.3 is 0 Å². The van der Waals surface area contributed by atoms with Gasteiger partial charge in [0.2, 0.25) is 5.91 Å². The van der Waals surface area contributed by atoms with Gasteiger partial charge in [0.15, 0.2) is 8.29 Å². The zero-order chi connectivity index (χ0) is 19.4. The van der Waals surface area contributed by atoms with Crippen molar-refractivity contribution in [3.8, 4) is 5.69 Å². The zero-order valence-electron chi connectivity index (χ0n) is 15.4. The molecule has 0 aliphatic heterocycles. The van der Waals surface area contributed by atoms with E-state index in [1.54, 1.807) is 4.68 Å². The molecular weight excluding hydrogens is 394 g/mol. The van der Waals surface area contributed by atoms with Crippen molar-refractivity contribution in [3.05, 3.63) is 64.1 Å². The lowest BCUT2D eigenvalue weighted by molar-refractivity contribution is -0.115. The van der Waals surface area contributed by atoms with Gasteiger partial charge in [0.05, 0.1) is 10.9 Å². The Hall–Kier alpha value is -1.96. The van der Waals surface area contributed by atoms with E-state index in [1.165, 1.54) is 23.1 Å². The van der Waals surface area contributed by atoms with E-state index in [1.807, 2.05) is 61.5 Å². The van der Waals surface area contributed by atoms with E-state index >= 15 is 0 Å². The monoisotopic (exact) mass is 415 g/mol. The van der Waals surface area contributed by atoms with Crippen molar-refractivity contribution in [1.82, 2.24) is 9.78 Å². The number of hydrogen-bond donors (Lipinski definition) is 1. The van der Waals surface area contributed by atoms with Gasteiger partial charge in [-0.3, -0.25) is 4.79 Å². The molecule has 1 atom stereocenters. The number of carbonyl (C=O) groups is 1. The molecule has 27 heavy (non-hydrogen) atoms. The highest BCUT2D eigenvalue weighted by atomic mass is 32.2. The molecule has 0 fully saturated rings. The van der Waals surface area contributed by atoms with Crippen LogP contribution in [-0.2, 0) is 4.79 Å². The van der Waals surface area contributed by atoms with Gasteiger partial charge in [0.25, 0.3) is 0 Å². The van der Waals surface area contributed by atoms with Crippen LogP contribution in [0.3, 0.4) is 0 Å². The second kappa shape index (κ2) is 8.82. The molecule has 0 saturated carbocycles. The molecule has 0 bridgehead atoms. The molecule has 0 aliphatic rings. The molecule has 140 valence electrons. The number of nitrogens with zero attached hydrogens (tertiary/aromatic N) is 2. The Balaban J connectivity index is 1.72. The summed E-state index contributed by atoms with van der Waals surface area (Å²) in [5.41, 5.74) is 2.92. The second-order valence-corrected chi connectivity index (χ2v) is 9.58. The fraction of sp³-hybridized carbons (Fsp3) is 0.250. The van der Waals surface area contributed by atoms with Crippen LogP contribution >= 0.6 is 35.3 Å². The molecule has 1 unspecified atom stereocenters. The maximum atomic E-state index is 12.7. The first-order valence-corrected chi connectivity index (χ1v) is 10.8. The molecular formula is C20H21N3OS3. The van der Waals surface area contributed by atoms with Crippen molar-refractivity contribution in [2.24, 2.45) is 0 Å². The molecule has 0 saturated heterocycles. The third-order valence-electron chi connectivity index (χ3n) is 4.02. The highest BCUT2D eigenvalue weighted by molar-refractivity contribution is 8.02. The standard InChI is InChI=1S/C20H21N3OS3/c1-13(2)16-11-7-8-12-17(16)21-18(24)14(3)26-19-22-23(20(25)27-19)15-9-5-4-6-10-15/h4-14H,1-3H3,(H,21,24). The summed E-state index contributed by atoms with van der Waals surface area (Å²) in [6.07, 6.45) is 0. The van der Waals surface area contributed by atoms with Gasteiger partial charge in [0, 0.05) is 5.69 Å². The molecule has 7 heteroatoms. The van der Waals surface area contributed by atoms with Crippen LogP contribution < -0.4 is 5.32 Å². The first kappa shape index (κ1) is 19.8. The fourth-order valence-electron chi connectivity index (χ4n) is 2.59. The SMILES string of the molecule is CC(Sc1nn(-c2ccccc2)c(=S)s1)C(=O)Nc1ccccc1C(C)C. The lowest BCUT2D eigenvalue weighted by Crippen LogP contribution is -2.23. The Bertz CT molecular complexity index is 979. The molecule has 1 amide bonds. The minimum Gasteiger partial charge on any atom is -0.325 e. The summed E-state index contributed by atoms with van der Waals surface area (Å²) in [4.78, 5) is 12.7. The van der Waals surface area contributed by atoms with E-state index in [0.717, 1.165) is 21.3 Å². The Kier molecular flexibility index (Phi) is 6.46. The summed E-state index contributed by atoms with van der Waals surface area (Å²) >= 11 is 8.27. The molecule has 0 spiro atoms. The highest BCUT2D eigenvalue weighted by Gasteiger charge is 2.19. The molecule has 3 aromatic rings. The van der Waals surface area contributed by atoms with E-state index in [9.17, 15) is 4.79 Å². The second-order valence-electron chi connectivity index (χ2n) is 6.37. The quantitative estimate of drug-likeness (QED) is 0.402. The molecule has 1 N–H and O–H groups in total. The molecule has 1 aromatic heterocycles. The molecule has 1 heterocycles. The van der Waals surface area contributed by atoms with Crippen molar-refractivity contribution in [1.29, 1.82) is 0 Å². The van der Waals surface area contributed by atoms with E-state index in [-0.39, 0.29) is 11.2 Å². The number of nitrogens with one attached hydrogen (secondary N) is 1. The third-order valence-corrected chi connectivity index (χ3v) is 6.43. The van der Waals surface area contributed by atoms with Crippen LogP contribution in [0.5, 0.6) is 0 Å². The summed E-state index contributed by atoms with van der Waals surface area (Å²) < 4.78 is 3.19. The smallest absolute Gasteiger partial charge is 0.237 e. The van der Waals surface area contributed by atoms with Gasteiger partial charge in [-0.05, 0) is 48.8 Å². The number of benzene rings is 2. The molecule has 0 aliphatic carbocycles. The van der Waals surface area contributed by atoms with Crippen molar-refractivity contribution < 1.29 is 4.79 Å². The first-order chi connectivity index (χ1) is 13.0. The van der Waals surface area contributed by atoms with E-state index in [2.05, 4.69) is 24.3 Å². The summed E-state index contributed by atoms with van der Waals surface area (Å²) in [6, 6.07) is 17.7. The number of hydrogen-bond acceptors (Lipinski definition) is 5. The predicted molar refractivity (Wildman–Crippen MR) is 117 cm³/mol. The van der Waals surface area contributed by atoms with Gasteiger partial charge in [-0.2, -0.15) is 0 Å². The average Bonchev–Trinajstić information content (AvgIpc) is 3.02. The summed E-state index contributed by atoms with van der Waals surface area (Å²) in [6.45, 7) is 6.12. The minimum absolute atomic E-state index is 0.0412. The topological polar surface area (TPSA) is 46.9 Å². The zero-order valence-corrected chi connectivity index (χ0v) is 17.8. The third kappa shape index (κ3) is 4.86. The Morgan fingerprint density at radius 2 is 1.78 bits per heavy atom. The van der Waals surface area contributed by atoms with Crippen LogP contribution in [0.25, 0.3) is 5.69 Å². The Labute approximate surface area is 172 Å². The molecule has 3 rings (SSSR count). The summed E-state index contributed by atoms with van der Waals surface area (Å²) in [5, 5.41) is 7.34. The van der Waals surface area contributed by atoms with Crippen LogP contribution in [0.4, 0.5) is 5.69 Å². The lowest BCUT2D eigenvalue weighted by Gasteiger charge is -2.15. The van der Waals surface area contributed by atoms with Crippen LogP contribution in [0.2, 0.25) is 0 Å².